The molecular weight excluding hydrogens is 360 g/mol. The van der Waals surface area contributed by atoms with Crippen LogP contribution in [0.4, 0.5) is 53.6 Å². The quantitative estimate of drug-likeness (QED) is 0.494. The van der Waals surface area contributed by atoms with E-state index in [2.05, 4.69) is 37.9 Å². The fourth-order valence-corrected chi connectivity index (χ4v) is 0. The Kier molecular flexibility index (Phi) is 27.4. The van der Waals surface area contributed by atoms with Crippen LogP contribution in [0.2, 0.25) is 0 Å². The fraction of sp³-hybridized carbons (Fsp3) is 1.00. The first-order valence-corrected chi connectivity index (χ1v) is 3.54. The molecule has 0 aromatic carbocycles. The molecule has 0 heterocycles. The molecule has 3 radical (unpaired) electrons. The Balaban J connectivity index is -0.0000000277. The third-order valence-corrected chi connectivity index (χ3v) is 0. The van der Waals surface area contributed by atoms with Gasteiger partial charge in [-0.2, -0.15) is 39.5 Å². The van der Waals surface area contributed by atoms with Gasteiger partial charge in [0.05, 0.1) is 0 Å². The molecule has 0 nitrogen and oxygen atoms in total. The second-order valence-corrected chi connectivity index (χ2v) is 2.73. The molecule has 0 bridgehead atoms. The minimum Gasteiger partial charge on any atom is -0.269 e. The third kappa shape index (κ3) is 85000. The predicted octanol–water partition coefficient (Wildman–Crippen LogP) is 5.57. The summed E-state index contributed by atoms with van der Waals surface area (Å²) in [6, 6.07) is 0. The number of hydrogen-bond donors (Lipinski definition) is 0. The largest absolute Gasteiger partial charge is 0.452 e. The van der Waals surface area contributed by atoms with Gasteiger partial charge >= 0.3 is 16.5 Å². The summed E-state index contributed by atoms with van der Waals surface area (Å²) < 4.78 is 91.5. The van der Waals surface area contributed by atoms with E-state index in [1.807, 2.05) is 0 Å². The highest BCUT2D eigenvalue weighted by atomic mass is 32.1. The van der Waals surface area contributed by atoms with E-state index in [-0.39, 0.29) is 14.1 Å². The van der Waals surface area contributed by atoms with Crippen LogP contribution in [0.1, 0.15) is 0 Å². The lowest BCUT2D eigenvalue weighted by atomic mass is 11.6. The molecule has 0 rings (SSSR count). The molecule has 0 amide bonds. The lowest BCUT2D eigenvalue weighted by Gasteiger charge is -1.85. The standard InChI is InChI=1S/3CF3S.3FH/c3*2-1(3,4)5;;;/h;;;3*1H. The van der Waals surface area contributed by atoms with Crippen LogP contribution >= 0.6 is 37.9 Å². The van der Waals surface area contributed by atoms with Gasteiger partial charge in [0.15, 0.2) is 0 Å². The van der Waals surface area contributed by atoms with Crippen molar-refractivity contribution in [3.63, 3.8) is 0 Å². The molecule has 0 spiro atoms. The van der Waals surface area contributed by atoms with Crippen LogP contribution in [-0.4, -0.2) is 16.5 Å². The van der Waals surface area contributed by atoms with Crippen molar-refractivity contribution >= 4 is 37.9 Å². The summed E-state index contributed by atoms with van der Waals surface area (Å²) in [4.78, 5) is 0. The van der Waals surface area contributed by atoms with Crippen molar-refractivity contribution in [1.29, 1.82) is 0 Å². The van der Waals surface area contributed by atoms with Gasteiger partial charge in [-0.1, -0.05) is 0 Å². The van der Waals surface area contributed by atoms with Crippen LogP contribution in [-0.2, 0) is 0 Å². The van der Waals surface area contributed by atoms with Crippen LogP contribution in [0.3, 0.4) is 0 Å². The van der Waals surface area contributed by atoms with Crippen LogP contribution in [0, 0.1) is 0 Å². The molecule has 0 saturated carbocycles. The van der Waals surface area contributed by atoms with Crippen LogP contribution in [0.5, 0.6) is 0 Å². The number of hydrogen-bond acceptors (Lipinski definition) is 0. The number of alkyl halides is 9. The SMILES string of the molecule is F.F.F.FC(F)(F)[S].FC(F)(F)[S].FC(F)(F)[S]. The van der Waals surface area contributed by atoms with Crippen molar-refractivity contribution < 1.29 is 53.6 Å². The second-order valence-electron chi connectivity index (χ2n) is 1.34. The Morgan fingerprint density at radius 1 is 0.389 bits per heavy atom. The zero-order valence-electron chi connectivity index (χ0n) is 7.35. The van der Waals surface area contributed by atoms with Crippen LogP contribution in [0.25, 0.3) is 0 Å². The number of rotatable bonds is 0. The Hall–Kier alpha value is 0.210. The summed E-state index contributed by atoms with van der Waals surface area (Å²) in [6.07, 6.45) is 0. The molecule has 0 aliphatic carbocycles. The maximum Gasteiger partial charge on any atom is 0.452 e. The van der Waals surface area contributed by atoms with E-state index in [4.69, 9.17) is 0 Å². The lowest BCUT2D eigenvalue weighted by Crippen LogP contribution is -1.89. The first kappa shape index (κ1) is 36.2. The van der Waals surface area contributed by atoms with Gasteiger partial charge in [-0.05, 0) is 0 Å². The topological polar surface area (TPSA) is 0 Å². The van der Waals surface area contributed by atoms with E-state index in [1.54, 1.807) is 0 Å². The van der Waals surface area contributed by atoms with Crippen molar-refractivity contribution in [2.45, 2.75) is 16.5 Å². The third-order valence-electron chi connectivity index (χ3n) is 0. The molecule has 0 saturated heterocycles. The Bertz CT molecular complexity index is 97.6. The average molecular weight is 363 g/mol. The van der Waals surface area contributed by atoms with Gasteiger partial charge in [0.25, 0.3) is 0 Å². The molecule has 0 aromatic heterocycles. The van der Waals surface area contributed by atoms with E-state index in [0.29, 0.717) is 0 Å². The zero-order chi connectivity index (χ0) is 13.5. The summed E-state index contributed by atoms with van der Waals surface area (Å²) in [7, 11) is 0. The van der Waals surface area contributed by atoms with Gasteiger partial charge in [0.2, 0.25) is 0 Å². The van der Waals surface area contributed by atoms with Gasteiger partial charge in [-0.3, -0.25) is 14.1 Å². The first-order chi connectivity index (χ1) is 6.00. The monoisotopic (exact) mass is 363 g/mol. The van der Waals surface area contributed by atoms with E-state index in [9.17, 15) is 39.5 Å². The molecule has 0 fully saturated rings. The van der Waals surface area contributed by atoms with E-state index >= 15 is 0 Å². The maximum atomic E-state index is 10.2. The molecule has 0 atom stereocenters. The average Bonchev–Trinajstić information content (AvgIpc) is 1.41. The molecule has 0 unspecified atom stereocenters. The van der Waals surface area contributed by atoms with Gasteiger partial charge in [-0.15, -0.1) is 0 Å². The molecule has 0 aliphatic heterocycles. The summed E-state index contributed by atoms with van der Waals surface area (Å²) in [5, 5.41) is 0. The van der Waals surface area contributed by atoms with Crippen molar-refractivity contribution in [2.24, 2.45) is 0 Å². The molecule has 0 aromatic rings. The Morgan fingerprint density at radius 2 is 0.389 bits per heavy atom. The Labute approximate surface area is 109 Å². The van der Waals surface area contributed by atoms with E-state index in [1.165, 1.54) is 0 Å². The van der Waals surface area contributed by atoms with Gasteiger partial charge in [0.1, 0.15) is 0 Å². The van der Waals surface area contributed by atoms with Gasteiger partial charge < -0.3 is 0 Å². The molecule has 18 heavy (non-hydrogen) atoms. The minimum absolute atomic E-state index is 0. The predicted molar refractivity (Wildman–Crippen MR) is 48.4 cm³/mol. The van der Waals surface area contributed by atoms with Crippen molar-refractivity contribution in [3.05, 3.63) is 0 Å². The van der Waals surface area contributed by atoms with Crippen LogP contribution in [0.15, 0.2) is 0 Å². The highest BCUT2D eigenvalue weighted by Gasteiger charge is 2.20. The highest BCUT2D eigenvalue weighted by molar-refractivity contribution is 7.81. The second kappa shape index (κ2) is 13.6. The highest BCUT2D eigenvalue weighted by Crippen LogP contribution is 2.18. The molecule has 0 N–H and O–H groups in total. The Morgan fingerprint density at radius 3 is 0.389 bits per heavy atom. The zero-order valence-corrected chi connectivity index (χ0v) is 9.80. The summed E-state index contributed by atoms with van der Waals surface area (Å²) >= 11 is 8.48. The molecular formula is C3H3F12S3. The molecule has 15 heteroatoms. The van der Waals surface area contributed by atoms with Gasteiger partial charge in [0, 0.05) is 37.9 Å². The molecule has 117 valence electrons. The maximum absolute atomic E-state index is 10.2. The normalized spacial score (nSPS) is 10.0. The minimum atomic E-state index is -4.42. The smallest absolute Gasteiger partial charge is 0.269 e. The van der Waals surface area contributed by atoms with Crippen molar-refractivity contribution in [1.82, 2.24) is 0 Å². The van der Waals surface area contributed by atoms with Gasteiger partial charge in [-0.25, -0.2) is 0 Å². The summed E-state index contributed by atoms with van der Waals surface area (Å²) in [5.74, 6) is 0. The summed E-state index contributed by atoms with van der Waals surface area (Å²) in [5.41, 5.74) is -13.2. The van der Waals surface area contributed by atoms with E-state index in [0.717, 1.165) is 0 Å². The first-order valence-electron chi connectivity index (χ1n) is 2.31. The van der Waals surface area contributed by atoms with Crippen molar-refractivity contribution in [2.75, 3.05) is 0 Å². The molecule has 0 aliphatic rings. The number of halogens is 12. The van der Waals surface area contributed by atoms with E-state index < -0.39 is 16.5 Å². The lowest BCUT2D eigenvalue weighted by molar-refractivity contribution is -0.0313. The summed E-state index contributed by atoms with van der Waals surface area (Å²) in [6.45, 7) is 0. The van der Waals surface area contributed by atoms with Crippen LogP contribution < -0.4 is 0 Å². The van der Waals surface area contributed by atoms with Crippen molar-refractivity contribution in [3.8, 4) is 0 Å². The fourth-order valence-electron chi connectivity index (χ4n) is 0.